The van der Waals surface area contributed by atoms with Gasteiger partial charge in [-0.1, -0.05) is 6.07 Å². The number of aromatic nitrogens is 2. The molecule has 0 aliphatic carbocycles. The largest absolute Gasteiger partial charge is 0.348 e. The van der Waals surface area contributed by atoms with Gasteiger partial charge in [-0.25, -0.2) is 13.8 Å². The van der Waals surface area contributed by atoms with Crippen LogP contribution in [0, 0.1) is 11.6 Å². The molecule has 0 bridgehead atoms. The summed E-state index contributed by atoms with van der Waals surface area (Å²) in [5.41, 5.74) is 1.01. The van der Waals surface area contributed by atoms with E-state index in [2.05, 4.69) is 10.3 Å². The summed E-state index contributed by atoms with van der Waals surface area (Å²) in [6, 6.07) is 3.48. The van der Waals surface area contributed by atoms with Crippen LogP contribution in [-0.2, 0) is 13.6 Å². The highest BCUT2D eigenvalue weighted by atomic mass is 19.1. The second kappa shape index (κ2) is 6.22. The van der Waals surface area contributed by atoms with E-state index in [-0.39, 0.29) is 5.56 Å². The van der Waals surface area contributed by atoms with Gasteiger partial charge in [-0.15, -0.1) is 0 Å². The molecular weight excluding hydrogens is 274 g/mol. The summed E-state index contributed by atoms with van der Waals surface area (Å²) in [5, 5.41) is 3.13. The molecule has 1 heterocycles. The molecule has 0 aliphatic heterocycles. The van der Waals surface area contributed by atoms with Gasteiger partial charge >= 0.3 is 0 Å². The van der Waals surface area contributed by atoms with Crippen molar-refractivity contribution in [2.24, 2.45) is 7.05 Å². The first-order chi connectivity index (χ1) is 9.91. The molecule has 0 aliphatic rings. The van der Waals surface area contributed by atoms with Gasteiger partial charge in [0.2, 0.25) is 5.95 Å². The van der Waals surface area contributed by atoms with Gasteiger partial charge in [-0.05, 0) is 19.1 Å². The summed E-state index contributed by atoms with van der Waals surface area (Å²) < 4.78 is 29.4. The van der Waals surface area contributed by atoms with Gasteiger partial charge in [0.05, 0.1) is 11.9 Å². The predicted octanol–water partition coefficient (Wildman–Crippen LogP) is 2.62. The lowest BCUT2D eigenvalue weighted by Gasteiger charge is -2.17. The van der Waals surface area contributed by atoms with Gasteiger partial charge < -0.3 is 14.8 Å². The van der Waals surface area contributed by atoms with Crippen LogP contribution >= 0.6 is 0 Å². The number of imidazole rings is 1. The maximum absolute atomic E-state index is 13.7. The molecule has 1 N–H and O–H groups in total. The highest BCUT2D eigenvalue weighted by Gasteiger charge is 2.16. The summed E-state index contributed by atoms with van der Waals surface area (Å²) in [5.74, 6) is -0.237. The highest BCUT2D eigenvalue weighted by molar-refractivity contribution is 5.31. The topological polar surface area (TPSA) is 33.1 Å². The molecule has 0 fully saturated rings. The van der Waals surface area contributed by atoms with Crippen molar-refractivity contribution in [3.63, 3.8) is 0 Å². The van der Waals surface area contributed by atoms with Crippen LogP contribution in [0.25, 0.3) is 0 Å². The zero-order valence-electron chi connectivity index (χ0n) is 12.7. The van der Waals surface area contributed by atoms with E-state index in [1.165, 1.54) is 18.2 Å². The van der Waals surface area contributed by atoms with Gasteiger partial charge in [0.15, 0.2) is 0 Å². The minimum Gasteiger partial charge on any atom is -0.348 e. The van der Waals surface area contributed by atoms with Gasteiger partial charge in [0.1, 0.15) is 11.6 Å². The molecule has 114 valence electrons. The minimum absolute atomic E-state index is 0.0625. The number of halogens is 2. The van der Waals surface area contributed by atoms with Crippen LogP contribution in [-0.4, -0.2) is 23.6 Å². The molecule has 1 unspecified atom stereocenters. The average Bonchev–Trinajstić information content (AvgIpc) is 2.77. The van der Waals surface area contributed by atoms with Crippen molar-refractivity contribution < 1.29 is 8.78 Å². The zero-order valence-corrected chi connectivity index (χ0v) is 12.7. The lowest BCUT2D eigenvalue weighted by molar-refractivity contribution is 0.482. The Morgan fingerprint density at radius 2 is 1.90 bits per heavy atom. The smallest absolute Gasteiger partial charge is 0.204 e. The van der Waals surface area contributed by atoms with E-state index in [0.717, 1.165) is 11.6 Å². The molecule has 0 saturated carbocycles. The Balaban J connectivity index is 2.10. The molecule has 0 radical (unpaired) electrons. The third kappa shape index (κ3) is 3.21. The van der Waals surface area contributed by atoms with Crippen molar-refractivity contribution in [2.45, 2.75) is 19.5 Å². The highest BCUT2D eigenvalue weighted by Crippen LogP contribution is 2.21. The number of rotatable bonds is 5. The molecular formula is C15H20F2N4. The van der Waals surface area contributed by atoms with Crippen LogP contribution < -0.4 is 10.2 Å². The standard InChI is InChI=1S/C15H20F2N4/c1-10(14-12(16)6-5-7-13(14)17)18-8-11-9-19-15(20(2)3)21(11)4/h5-7,9-10,18H,8H2,1-4H3. The normalized spacial score (nSPS) is 12.5. The molecule has 2 aromatic rings. The quantitative estimate of drug-likeness (QED) is 0.920. The molecule has 1 aromatic carbocycles. The van der Waals surface area contributed by atoms with Crippen molar-refractivity contribution in [1.29, 1.82) is 0 Å². The van der Waals surface area contributed by atoms with Crippen molar-refractivity contribution in [2.75, 3.05) is 19.0 Å². The zero-order chi connectivity index (χ0) is 15.6. The molecule has 2 rings (SSSR count). The van der Waals surface area contributed by atoms with E-state index in [9.17, 15) is 8.78 Å². The fourth-order valence-electron chi connectivity index (χ4n) is 2.30. The summed E-state index contributed by atoms with van der Waals surface area (Å²) >= 11 is 0. The summed E-state index contributed by atoms with van der Waals surface area (Å²) in [7, 11) is 5.74. The molecule has 6 heteroatoms. The van der Waals surface area contributed by atoms with Crippen molar-refractivity contribution in [3.8, 4) is 0 Å². The average molecular weight is 294 g/mol. The number of hydrogen-bond acceptors (Lipinski definition) is 3. The van der Waals surface area contributed by atoms with Crippen molar-refractivity contribution in [3.05, 3.63) is 47.3 Å². The van der Waals surface area contributed by atoms with Gasteiger partial charge in [-0.2, -0.15) is 0 Å². The van der Waals surface area contributed by atoms with E-state index in [1.807, 2.05) is 30.6 Å². The number of nitrogens with zero attached hydrogens (tertiary/aromatic N) is 3. The Hall–Kier alpha value is -1.95. The maximum atomic E-state index is 13.7. The fourth-order valence-corrected chi connectivity index (χ4v) is 2.30. The molecule has 1 atom stereocenters. The van der Waals surface area contributed by atoms with Crippen LogP contribution in [0.4, 0.5) is 14.7 Å². The minimum atomic E-state index is -0.533. The summed E-state index contributed by atoms with van der Waals surface area (Å²) in [6.45, 7) is 2.22. The van der Waals surface area contributed by atoms with Crippen LogP contribution in [0.3, 0.4) is 0 Å². The Morgan fingerprint density at radius 1 is 1.29 bits per heavy atom. The van der Waals surface area contributed by atoms with Crippen molar-refractivity contribution in [1.82, 2.24) is 14.9 Å². The van der Waals surface area contributed by atoms with Crippen LogP contribution in [0.15, 0.2) is 24.4 Å². The maximum Gasteiger partial charge on any atom is 0.204 e. The third-order valence-corrected chi connectivity index (χ3v) is 3.48. The first-order valence-electron chi connectivity index (χ1n) is 6.77. The SMILES string of the molecule is CC(NCc1cnc(N(C)C)n1C)c1c(F)cccc1F. The lowest BCUT2D eigenvalue weighted by atomic mass is 10.1. The second-order valence-electron chi connectivity index (χ2n) is 5.24. The third-order valence-electron chi connectivity index (χ3n) is 3.48. The van der Waals surface area contributed by atoms with Crippen LogP contribution in [0.1, 0.15) is 24.2 Å². The Morgan fingerprint density at radius 3 is 2.43 bits per heavy atom. The summed E-state index contributed by atoms with van der Waals surface area (Å²) in [4.78, 5) is 6.21. The molecule has 0 spiro atoms. The molecule has 0 amide bonds. The molecule has 0 saturated heterocycles. The first kappa shape index (κ1) is 15.4. The molecule has 4 nitrogen and oxygen atoms in total. The Labute approximate surface area is 123 Å². The first-order valence-corrected chi connectivity index (χ1v) is 6.77. The van der Waals surface area contributed by atoms with Crippen LogP contribution in [0.2, 0.25) is 0 Å². The van der Waals surface area contributed by atoms with E-state index < -0.39 is 17.7 Å². The Kier molecular flexibility index (Phi) is 4.57. The number of anilines is 1. The number of benzene rings is 1. The lowest BCUT2D eigenvalue weighted by Crippen LogP contribution is -2.22. The van der Waals surface area contributed by atoms with E-state index >= 15 is 0 Å². The number of hydrogen-bond donors (Lipinski definition) is 1. The van der Waals surface area contributed by atoms with Crippen LogP contribution in [0.5, 0.6) is 0 Å². The van der Waals surface area contributed by atoms with E-state index in [0.29, 0.717) is 6.54 Å². The molecule has 21 heavy (non-hydrogen) atoms. The fraction of sp³-hybridized carbons (Fsp3) is 0.400. The second-order valence-corrected chi connectivity index (χ2v) is 5.24. The van der Waals surface area contributed by atoms with E-state index in [1.54, 1.807) is 13.1 Å². The van der Waals surface area contributed by atoms with Gasteiger partial charge in [-0.3, -0.25) is 0 Å². The number of nitrogens with one attached hydrogen (secondary N) is 1. The van der Waals surface area contributed by atoms with Crippen molar-refractivity contribution >= 4 is 5.95 Å². The Bertz CT molecular complexity index is 602. The monoisotopic (exact) mass is 294 g/mol. The van der Waals surface area contributed by atoms with E-state index in [4.69, 9.17) is 0 Å². The molecule has 1 aromatic heterocycles. The predicted molar refractivity (Wildman–Crippen MR) is 79.1 cm³/mol. The van der Waals surface area contributed by atoms with Gasteiger partial charge in [0, 0.05) is 39.3 Å². The summed E-state index contributed by atoms with van der Waals surface area (Å²) in [6.07, 6.45) is 1.76. The van der Waals surface area contributed by atoms with Gasteiger partial charge in [0.25, 0.3) is 0 Å².